The van der Waals surface area contributed by atoms with Crippen molar-refractivity contribution in [2.24, 2.45) is 17.8 Å². The monoisotopic (exact) mass is 269 g/mol. The van der Waals surface area contributed by atoms with E-state index in [1.807, 2.05) is 0 Å². The van der Waals surface area contributed by atoms with Crippen LogP contribution < -0.4 is 5.32 Å². The minimum Gasteiger partial charge on any atom is -0.385 e. The zero-order chi connectivity index (χ0) is 13.8. The van der Waals surface area contributed by atoms with Gasteiger partial charge in [-0.25, -0.2) is 0 Å². The molecule has 2 aliphatic carbocycles. The van der Waals surface area contributed by atoms with Crippen LogP contribution in [-0.2, 0) is 6.42 Å². The van der Waals surface area contributed by atoms with E-state index in [2.05, 4.69) is 48.7 Å². The standard InChI is InChI=1S/C19H27N/c1-2-3-4-5-15-7-10-19(11-8-15)20-14-18-13-16-6-9-17(18)12-16/h6-11,16-18,20H,2-5,12-14H2,1H3. The van der Waals surface area contributed by atoms with E-state index in [0.29, 0.717) is 0 Å². The van der Waals surface area contributed by atoms with Gasteiger partial charge in [0.1, 0.15) is 0 Å². The number of fused-ring (bicyclic) bond motifs is 2. The zero-order valence-electron chi connectivity index (χ0n) is 12.6. The topological polar surface area (TPSA) is 12.0 Å². The van der Waals surface area contributed by atoms with E-state index in [1.165, 1.54) is 49.8 Å². The Morgan fingerprint density at radius 1 is 1.05 bits per heavy atom. The summed E-state index contributed by atoms with van der Waals surface area (Å²) in [4.78, 5) is 0. The van der Waals surface area contributed by atoms with Gasteiger partial charge >= 0.3 is 0 Å². The molecule has 108 valence electrons. The number of aryl methyl sites for hydroxylation is 1. The van der Waals surface area contributed by atoms with Crippen LogP contribution in [-0.4, -0.2) is 6.54 Å². The average Bonchev–Trinajstić information content (AvgIpc) is 3.09. The normalized spacial score (nSPS) is 27.1. The number of benzene rings is 1. The summed E-state index contributed by atoms with van der Waals surface area (Å²) in [6.45, 7) is 3.40. The SMILES string of the molecule is CCCCCc1ccc(NCC2CC3C=CC2C3)cc1. The van der Waals surface area contributed by atoms with Gasteiger partial charge in [0, 0.05) is 12.2 Å². The Balaban J connectivity index is 1.45. The highest BCUT2D eigenvalue weighted by atomic mass is 14.9. The van der Waals surface area contributed by atoms with Crippen molar-refractivity contribution in [1.82, 2.24) is 0 Å². The van der Waals surface area contributed by atoms with E-state index in [1.54, 1.807) is 0 Å². The minimum atomic E-state index is 0.848. The number of rotatable bonds is 7. The van der Waals surface area contributed by atoms with Gasteiger partial charge in [-0.1, -0.05) is 44.1 Å². The van der Waals surface area contributed by atoms with Crippen molar-refractivity contribution >= 4 is 5.69 Å². The molecule has 1 aromatic rings. The number of nitrogens with one attached hydrogen (secondary N) is 1. The van der Waals surface area contributed by atoms with Crippen LogP contribution >= 0.6 is 0 Å². The Kier molecular flexibility index (Phi) is 4.44. The molecule has 1 fully saturated rings. The van der Waals surface area contributed by atoms with Gasteiger partial charge in [-0.05, 0) is 61.1 Å². The fourth-order valence-electron chi connectivity index (χ4n) is 3.75. The molecule has 1 saturated carbocycles. The van der Waals surface area contributed by atoms with Crippen molar-refractivity contribution in [2.75, 3.05) is 11.9 Å². The molecule has 2 bridgehead atoms. The number of unbranched alkanes of at least 4 members (excludes halogenated alkanes) is 2. The third-order valence-electron chi connectivity index (χ3n) is 5.01. The molecule has 3 unspecified atom stereocenters. The molecule has 0 saturated heterocycles. The van der Waals surface area contributed by atoms with Crippen LogP contribution in [0.1, 0.15) is 44.6 Å². The van der Waals surface area contributed by atoms with Gasteiger partial charge in [0.05, 0.1) is 0 Å². The third-order valence-corrected chi connectivity index (χ3v) is 5.01. The van der Waals surface area contributed by atoms with E-state index >= 15 is 0 Å². The first-order chi connectivity index (χ1) is 9.85. The minimum absolute atomic E-state index is 0.848. The lowest BCUT2D eigenvalue weighted by molar-refractivity contribution is 0.472. The van der Waals surface area contributed by atoms with E-state index in [4.69, 9.17) is 0 Å². The Morgan fingerprint density at radius 3 is 2.55 bits per heavy atom. The zero-order valence-corrected chi connectivity index (χ0v) is 12.6. The molecule has 2 aliphatic rings. The Morgan fingerprint density at radius 2 is 1.90 bits per heavy atom. The lowest BCUT2D eigenvalue weighted by Gasteiger charge is -2.19. The highest BCUT2D eigenvalue weighted by molar-refractivity contribution is 5.44. The largest absolute Gasteiger partial charge is 0.385 e. The summed E-state index contributed by atoms with van der Waals surface area (Å²) in [5.41, 5.74) is 2.77. The van der Waals surface area contributed by atoms with Crippen molar-refractivity contribution < 1.29 is 0 Å². The van der Waals surface area contributed by atoms with Crippen molar-refractivity contribution in [3.8, 4) is 0 Å². The maximum Gasteiger partial charge on any atom is 0.0340 e. The van der Waals surface area contributed by atoms with Gasteiger partial charge in [0.25, 0.3) is 0 Å². The van der Waals surface area contributed by atoms with Gasteiger partial charge in [0.2, 0.25) is 0 Å². The highest BCUT2D eigenvalue weighted by Crippen LogP contribution is 2.43. The molecule has 1 heteroatoms. The lowest BCUT2D eigenvalue weighted by atomic mass is 9.93. The second-order valence-corrected chi connectivity index (χ2v) is 6.58. The molecule has 0 spiro atoms. The number of anilines is 1. The van der Waals surface area contributed by atoms with Crippen LogP contribution in [0.2, 0.25) is 0 Å². The molecule has 1 aromatic carbocycles. The molecule has 3 atom stereocenters. The molecule has 0 radical (unpaired) electrons. The summed E-state index contributed by atoms with van der Waals surface area (Å²) in [5.74, 6) is 2.59. The molecular formula is C19H27N. The number of hydrogen-bond acceptors (Lipinski definition) is 1. The van der Waals surface area contributed by atoms with Crippen LogP contribution in [0.15, 0.2) is 36.4 Å². The van der Waals surface area contributed by atoms with Crippen LogP contribution in [0, 0.1) is 17.8 Å². The maximum atomic E-state index is 3.63. The Bertz CT molecular complexity index is 445. The molecule has 1 N–H and O–H groups in total. The second-order valence-electron chi connectivity index (χ2n) is 6.58. The van der Waals surface area contributed by atoms with Crippen LogP contribution in [0.4, 0.5) is 5.69 Å². The second kappa shape index (κ2) is 6.47. The first-order valence-electron chi connectivity index (χ1n) is 8.36. The summed E-state index contributed by atoms with van der Waals surface area (Å²) in [7, 11) is 0. The van der Waals surface area contributed by atoms with Crippen LogP contribution in [0.3, 0.4) is 0 Å². The van der Waals surface area contributed by atoms with Crippen molar-refractivity contribution in [2.45, 2.75) is 45.4 Å². The predicted octanol–water partition coefficient (Wildman–Crippen LogP) is 5.04. The average molecular weight is 269 g/mol. The summed E-state index contributed by atoms with van der Waals surface area (Å²) in [6, 6.07) is 9.09. The molecule has 20 heavy (non-hydrogen) atoms. The predicted molar refractivity (Wildman–Crippen MR) is 87.0 cm³/mol. The first-order valence-corrected chi connectivity index (χ1v) is 8.36. The number of allylic oxidation sites excluding steroid dienone is 2. The molecular weight excluding hydrogens is 242 g/mol. The van der Waals surface area contributed by atoms with Gasteiger partial charge in [0.15, 0.2) is 0 Å². The molecule has 0 aliphatic heterocycles. The van der Waals surface area contributed by atoms with Crippen molar-refractivity contribution in [1.29, 1.82) is 0 Å². The van der Waals surface area contributed by atoms with Crippen LogP contribution in [0.5, 0.6) is 0 Å². The van der Waals surface area contributed by atoms with E-state index in [9.17, 15) is 0 Å². The number of hydrogen-bond donors (Lipinski definition) is 1. The van der Waals surface area contributed by atoms with E-state index in [0.717, 1.165) is 24.3 Å². The summed E-state index contributed by atoms with van der Waals surface area (Å²) < 4.78 is 0. The molecule has 0 heterocycles. The lowest BCUT2D eigenvalue weighted by Crippen LogP contribution is -2.18. The highest BCUT2D eigenvalue weighted by Gasteiger charge is 2.35. The third kappa shape index (κ3) is 3.26. The summed E-state index contributed by atoms with van der Waals surface area (Å²) in [6.07, 6.45) is 12.9. The molecule has 3 rings (SSSR count). The quantitative estimate of drug-likeness (QED) is 0.540. The van der Waals surface area contributed by atoms with E-state index < -0.39 is 0 Å². The Labute approximate surface area is 123 Å². The van der Waals surface area contributed by atoms with Gasteiger partial charge in [-0.3, -0.25) is 0 Å². The first kappa shape index (κ1) is 13.7. The van der Waals surface area contributed by atoms with Gasteiger partial charge < -0.3 is 5.32 Å². The fourth-order valence-corrected chi connectivity index (χ4v) is 3.75. The van der Waals surface area contributed by atoms with E-state index in [-0.39, 0.29) is 0 Å². The summed E-state index contributed by atoms with van der Waals surface area (Å²) >= 11 is 0. The van der Waals surface area contributed by atoms with Crippen LogP contribution in [0.25, 0.3) is 0 Å². The molecule has 1 nitrogen and oxygen atoms in total. The summed E-state index contributed by atoms with van der Waals surface area (Å²) in [5, 5.41) is 3.63. The smallest absolute Gasteiger partial charge is 0.0340 e. The Hall–Kier alpha value is -1.24. The van der Waals surface area contributed by atoms with Gasteiger partial charge in [-0.15, -0.1) is 0 Å². The van der Waals surface area contributed by atoms with Crippen molar-refractivity contribution in [3.05, 3.63) is 42.0 Å². The molecule has 0 amide bonds. The fraction of sp³-hybridized carbons (Fsp3) is 0.579. The molecule has 0 aromatic heterocycles. The maximum absolute atomic E-state index is 3.63. The van der Waals surface area contributed by atoms with Crippen molar-refractivity contribution in [3.63, 3.8) is 0 Å². The van der Waals surface area contributed by atoms with Gasteiger partial charge in [-0.2, -0.15) is 0 Å².